The van der Waals surface area contributed by atoms with E-state index in [1.165, 1.54) is 6.07 Å². The molecule has 0 bridgehead atoms. The van der Waals surface area contributed by atoms with Gasteiger partial charge in [0, 0.05) is 26.2 Å². The first kappa shape index (κ1) is 14.5. The number of hydrogen-bond donors (Lipinski definition) is 1. The number of carbonyl (C=O) groups excluding carboxylic acids is 1. The summed E-state index contributed by atoms with van der Waals surface area (Å²) in [6, 6.07) is 4.76. The Bertz CT molecular complexity index is 525. The number of amides is 1. The van der Waals surface area contributed by atoms with E-state index in [0.717, 1.165) is 0 Å². The lowest BCUT2D eigenvalue weighted by molar-refractivity contribution is -0.138. The lowest BCUT2D eigenvalue weighted by atomic mass is 10.1. The standard InChI is InChI=1S/C14H17FN2O3/c1-10-3-2-4-11(13(10)15)14(20)17-7-5-16(6-8-17)9-12(18)19/h2-4H,5-9H2,1H3,(H,18,19). The molecule has 1 N–H and O–H groups in total. The van der Waals surface area contributed by atoms with Gasteiger partial charge in [-0.15, -0.1) is 0 Å². The third kappa shape index (κ3) is 3.14. The van der Waals surface area contributed by atoms with E-state index >= 15 is 0 Å². The van der Waals surface area contributed by atoms with E-state index < -0.39 is 11.8 Å². The summed E-state index contributed by atoms with van der Waals surface area (Å²) in [6.45, 7) is 3.41. The van der Waals surface area contributed by atoms with Gasteiger partial charge in [-0.25, -0.2) is 4.39 Å². The third-order valence-corrected chi connectivity index (χ3v) is 3.44. The fraction of sp³-hybridized carbons (Fsp3) is 0.429. The molecular weight excluding hydrogens is 263 g/mol. The molecule has 2 rings (SSSR count). The van der Waals surface area contributed by atoms with Crippen LogP contribution in [0, 0.1) is 12.7 Å². The Labute approximate surface area is 116 Å². The number of rotatable bonds is 3. The highest BCUT2D eigenvalue weighted by atomic mass is 19.1. The summed E-state index contributed by atoms with van der Waals surface area (Å²) < 4.78 is 13.9. The Balaban J connectivity index is 2.02. The summed E-state index contributed by atoms with van der Waals surface area (Å²) in [6.07, 6.45) is 0. The van der Waals surface area contributed by atoms with Crippen LogP contribution in [0.5, 0.6) is 0 Å². The average Bonchev–Trinajstić information content (AvgIpc) is 2.41. The van der Waals surface area contributed by atoms with Gasteiger partial charge in [-0.1, -0.05) is 12.1 Å². The largest absolute Gasteiger partial charge is 0.480 e. The van der Waals surface area contributed by atoms with Crippen molar-refractivity contribution in [2.75, 3.05) is 32.7 Å². The topological polar surface area (TPSA) is 60.9 Å². The average molecular weight is 280 g/mol. The predicted octanol–water partition coefficient (Wildman–Crippen LogP) is 0.977. The van der Waals surface area contributed by atoms with Crippen molar-refractivity contribution in [3.63, 3.8) is 0 Å². The van der Waals surface area contributed by atoms with Gasteiger partial charge in [0.2, 0.25) is 0 Å². The molecule has 0 radical (unpaired) electrons. The van der Waals surface area contributed by atoms with Gasteiger partial charge < -0.3 is 10.0 Å². The Kier molecular flexibility index (Phi) is 4.34. The van der Waals surface area contributed by atoms with Gasteiger partial charge in [-0.3, -0.25) is 14.5 Å². The molecule has 1 aromatic carbocycles. The molecule has 5 nitrogen and oxygen atoms in total. The van der Waals surface area contributed by atoms with Crippen LogP contribution in [-0.4, -0.2) is 59.5 Å². The number of halogens is 1. The molecule has 0 saturated carbocycles. The molecule has 0 aromatic heterocycles. The highest BCUT2D eigenvalue weighted by Crippen LogP contribution is 2.15. The van der Waals surface area contributed by atoms with Gasteiger partial charge in [0.25, 0.3) is 5.91 Å². The molecule has 0 aliphatic carbocycles. The second-order valence-electron chi connectivity index (χ2n) is 4.90. The van der Waals surface area contributed by atoms with Crippen LogP contribution in [0.1, 0.15) is 15.9 Å². The zero-order valence-corrected chi connectivity index (χ0v) is 11.3. The quantitative estimate of drug-likeness (QED) is 0.896. The van der Waals surface area contributed by atoms with E-state index in [2.05, 4.69) is 0 Å². The molecule has 1 aliphatic heterocycles. The first-order valence-corrected chi connectivity index (χ1v) is 6.47. The van der Waals surface area contributed by atoms with Crippen molar-refractivity contribution in [2.24, 2.45) is 0 Å². The predicted molar refractivity (Wildman–Crippen MR) is 71.1 cm³/mol. The van der Waals surface area contributed by atoms with Crippen molar-refractivity contribution in [3.05, 3.63) is 35.1 Å². The van der Waals surface area contributed by atoms with Gasteiger partial charge in [-0.05, 0) is 18.6 Å². The minimum atomic E-state index is -0.880. The van der Waals surface area contributed by atoms with E-state index in [0.29, 0.717) is 31.7 Å². The van der Waals surface area contributed by atoms with Crippen molar-refractivity contribution in [1.82, 2.24) is 9.80 Å². The maximum Gasteiger partial charge on any atom is 0.317 e. The number of benzene rings is 1. The van der Waals surface area contributed by atoms with E-state index in [1.54, 1.807) is 28.9 Å². The van der Waals surface area contributed by atoms with Crippen LogP contribution in [0.4, 0.5) is 4.39 Å². The lowest BCUT2D eigenvalue weighted by Crippen LogP contribution is -2.50. The monoisotopic (exact) mass is 280 g/mol. The van der Waals surface area contributed by atoms with E-state index in [-0.39, 0.29) is 18.0 Å². The van der Waals surface area contributed by atoms with Crippen LogP contribution in [0.2, 0.25) is 0 Å². The van der Waals surface area contributed by atoms with Gasteiger partial charge in [-0.2, -0.15) is 0 Å². The van der Waals surface area contributed by atoms with Crippen molar-refractivity contribution in [2.45, 2.75) is 6.92 Å². The first-order chi connectivity index (χ1) is 9.49. The molecule has 1 aromatic rings. The SMILES string of the molecule is Cc1cccc(C(=O)N2CCN(CC(=O)O)CC2)c1F. The number of aliphatic carboxylic acids is 1. The van der Waals surface area contributed by atoms with E-state index in [1.807, 2.05) is 0 Å². The molecule has 1 fully saturated rings. The smallest absolute Gasteiger partial charge is 0.317 e. The number of carboxylic acids is 1. The molecule has 0 unspecified atom stereocenters. The summed E-state index contributed by atoms with van der Waals surface area (Å²) in [4.78, 5) is 26.2. The summed E-state index contributed by atoms with van der Waals surface area (Å²) >= 11 is 0. The van der Waals surface area contributed by atoms with Crippen molar-refractivity contribution < 1.29 is 19.1 Å². The fourth-order valence-corrected chi connectivity index (χ4v) is 2.28. The second-order valence-corrected chi connectivity index (χ2v) is 4.90. The van der Waals surface area contributed by atoms with Crippen LogP contribution in [-0.2, 0) is 4.79 Å². The molecule has 1 aliphatic rings. The number of aryl methyl sites for hydroxylation is 1. The molecule has 0 atom stereocenters. The van der Waals surface area contributed by atoms with Crippen molar-refractivity contribution in [1.29, 1.82) is 0 Å². The summed E-state index contributed by atoms with van der Waals surface area (Å²) in [5, 5.41) is 8.71. The minimum absolute atomic E-state index is 0.0269. The van der Waals surface area contributed by atoms with E-state index in [4.69, 9.17) is 5.11 Å². The number of piperazine rings is 1. The maximum atomic E-state index is 13.9. The minimum Gasteiger partial charge on any atom is -0.480 e. The highest BCUT2D eigenvalue weighted by molar-refractivity contribution is 5.94. The van der Waals surface area contributed by atoms with E-state index in [9.17, 15) is 14.0 Å². The molecule has 1 saturated heterocycles. The Hall–Kier alpha value is -1.95. The molecule has 0 spiro atoms. The van der Waals surface area contributed by atoms with Crippen LogP contribution in [0.15, 0.2) is 18.2 Å². The zero-order chi connectivity index (χ0) is 14.7. The van der Waals surface area contributed by atoms with Gasteiger partial charge in [0.05, 0.1) is 12.1 Å². The molecule has 6 heteroatoms. The second kappa shape index (κ2) is 6.00. The molecule has 20 heavy (non-hydrogen) atoms. The van der Waals surface area contributed by atoms with Crippen LogP contribution >= 0.6 is 0 Å². The Morgan fingerprint density at radius 3 is 2.50 bits per heavy atom. The zero-order valence-electron chi connectivity index (χ0n) is 11.3. The summed E-state index contributed by atoms with van der Waals surface area (Å²) in [7, 11) is 0. The molecular formula is C14H17FN2O3. The maximum absolute atomic E-state index is 13.9. The van der Waals surface area contributed by atoms with Crippen LogP contribution in [0.25, 0.3) is 0 Å². The lowest BCUT2D eigenvalue weighted by Gasteiger charge is -2.33. The first-order valence-electron chi connectivity index (χ1n) is 6.47. The normalized spacial score (nSPS) is 16.2. The third-order valence-electron chi connectivity index (χ3n) is 3.44. The highest BCUT2D eigenvalue weighted by Gasteiger charge is 2.25. The van der Waals surface area contributed by atoms with Crippen molar-refractivity contribution in [3.8, 4) is 0 Å². The number of carboxylic acid groups (broad SMARTS) is 1. The summed E-state index contributed by atoms with van der Waals surface area (Å²) in [5.41, 5.74) is 0.525. The summed E-state index contributed by atoms with van der Waals surface area (Å²) in [5.74, 6) is -1.69. The van der Waals surface area contributed by atoms with Gasteiger partial charge >= 0.3 is 5.97 Å². The molecule has 1 amide bonds. The van der Waals surface area contributed by atoms with Crippen LogP contribution < -0.4 is 0 Å². The molecule has 1 heterocycles. The van der Waals surface area contributed by atoms with Gasteiger partial charge in [0.1, 0.15) is 5.82 Å². The van der Waals surface area contributed by atoms with Crippen LogP contribution in [0.3, 0.4) is 0 Å². The van der Waals surface area contributed by atoms with Gasteiger partial charge in [0.15, 0.2) is 0 Å². The molecule has 108 valence electrons. The Morgan fingerprint density at radius 2 is 1.90 bits per heavy atom. The Morgan fingerprint density at radius 1 is 1.25 bits per heavy atom. The number of nitrogens with zero attached hydrogens (tertiary/aromatic N) is 2. The van der Waals surface area contributed by atoms with Crippen molar-refractivity contribution >= 4 is 11.9 Å². The number of hydrogen-bond acceptors (Lipinski definition) is 3. The number of carbonyl (C=O) groups is 2. The fourth-order valence-electron chi connectivity index (χ4n) is 2.28.